The fourth-order valence-electron chi connectivity index (χ4n) is 2.66. The number of anilines is 2. The summed E-state index contributed by atoms with van der Waals surface area (Å²) in [5.41, 5.74) is 2.72. The van der Waals surface area contributed by atoms with Gasteiger partial charge < -0.3 is 10.1 Å². The van der Waals surface area contributed by atoms with Gasteiger partial charge in [0.25, 0.3) is 15.9 Å². The highest BCUT2D eigenvalue weighted by molar-refractivity contribution is 7.93. The zero-order valence-corrected chi connectivity index (χ0v) is 18.5. The largest absolute Gasteiger partial charge is 0.481 e. The number of amides is 1. The summed E-state index contributed by atoms with van der Waals surface area (Å²) in [5, 5.41) is 4.75. The van der Waals surface area contributed by atoms with Gasteiger partial charge in [0.05, 0.1) is 4.90 Å². The van der Waals surface area contributed by atoms with E-state index in [1.54, 1.807) is 5.38 Å². The first-order valence-corrected chi connectivity index (χ1v) is 11.7. The van der Waals surface area contributed by atoms with Gasteiger partial charge in [-0.05, 0) is 67.8 Å². The minimum atomic E-state index is -3.74. The van der Waals surface area contributed by atoms with Gasteiger partial charge in [-0.3, -0.25) is 9.52 Å². The molecule has 9 heteroatoms. The highest BCUT2D eigenvalue weighted by Crippen LogP contribution is 2.21. The van der Waals surface area contributed by atoms with Gasteiger partial charge in [0, 0.05) is 17.3 Å². The lowest BCUT2D eigenvalue weighted by molar-refractivity contribution is -0.122. The number of hydrogen-bond donors (Lipinski definition) is 2. The van der Waals surface area contributed by atoms with Crippen LogP contribution in [0.2, 0.25) is 0 Å². The molecule has 0 aliphatic heterocycles. The van der Waals surface area contributed by atoms with E-state index in [1.165, 1.54) is 41.8 Å². The van der Waals surface area contributed by atoms with E-state index in [2.05, 4.69) is 15.0 Å². The molecule has 1 amide bonds. The fraction of sp³-hybridized carbons (Fsp3) is 0.238. The first-order chi connectivity index (χ1) is 14.3. The molecule has 2 N–H and O–H groups in total. The average Bonchev–Trinajstić information content (AvgIpc) is 3.21. The van der Waals surface area contributed by atoms with Gasteiger partial charge in [-0.25, -0.2) is 13.4 Å². The van der Waals surface area contributed by atoms with Gasteiger partial charge in [0.15, 0.2) is 11.2 Å². The van der Waals surface area contributed by atoms with Crippen LogP contribution >= 0.6 is 11.3 Å². The molecule has 158 valence electrons. The maximum atomic E-state index is 12.6. The van der Waals surface area contributed by atoms with Crippen molar-refractivity contribution in [3.63, 3.8) is 0 Å². The Hall–Kier alpha value is -2.91. The Kier molecular flexibility index (Phi) is 6.73. The van der Waals surface area contributed by atoms with Crippen molar-refractivity contribution in [2.45, 2.75) is 38.2 Å². The number of ether oxygens (including phenoxy) is 1. The molecule has 1 heterocycles. The second-order valence-electron chi connectivity index (χ2n) is 6.72. The van der Waals surface area contributed by atoms with Crippen LogP contribution in [0.5, 0.6) is 5.75 Å². The van der Waals surface area contributed by atoms with Crippen LogP contribution in [0.3, 0.4) is 0 Å². The predicted octanol–water partition coefficient (Wildman–Crippen LogP) is 4.36. The molecular formula is C21H23N3O4S2. The number of sulfonamides is 1. The standard InChI is InChI=1S/C21H23N3O4S2/c1-4-19(28-17-8-5-14(2)15(3)13-17)20(25)23-16-6-9-18(10-7-16)30(26,27)24-21-22-11-12-29-21/h5-13,19H,4H2,1-3H3,(H,22,24)(H,23,25). The highest BCUT2D eigenvalue weighted by Gasteiger charge is 2.20. The van der Waals surface area contributed by atoms with Crippen molar-refractivity contribution in [3.05, 3.63) is 65.2 Å². The van der Waals surface area contributed by atoms with Crippen LogP contribution in [0.1, 0.15) is 24.5 Å². The fourth-order valence-corrected chi connectivity index (χ4v) is 4.45. The van der Waals surface area contributed by atoms with E-state index < -0.39 is 16.1 Å². The van der Waals surface area contributed by atoms with Gasteiger partial charge >= 0.3 is 0 Å². The van der Waals surface area contributed by atoms with E-state index in [4.69, 9.17) is 4.74 Å². The van der Waals surface area contributed by atoms with Crippen molar-refractivity contribution >= 4 is 38.1 Å². The summed E-state index contributed by atoms with van der Waals surface area (Å²) in [5.74, 6) is 0.335. The molecule has 3 rings (SSSR count). The molecule has 0 aliphatic rings. The Labute approximate surface area is 180 Å². The van der Waals surface area contributed by atoms with Gasteiger partial charge in [0.1, 0.15) is 5.75 Å². The van der Waals surface area contributed by atoms with Crippen LogP contribution in [0.4, 0.5) is 10.8 Å². The van der Waals surface area contributed by atoms with Crippen LogP contribution in [0.15, 0.2) is 58.9 Å². The average molecular weight is 446 g/mol. The molecule has 1 aromatic heterocycles. The summed E-state index contributed by atoms with van der Waals surface area (Å²) >= 11 is 1.19. The quantitative estimate of drug-likeness (QED) is 0.537. The van der Waals surface area contributed by atoms with Gasteiger partial charge in [-0.2, -0.15) is 0 Å². The zero-order valence-electron chi connectivity index (χ0n) is 16.9. The van der Waals surface area contributed by atoms with Crippen LogP contribution in [-0.4, -0.2) is 25.4 Å². The van der Waals surface area contributed by atoms with Crippen molar-refractivity contribution in [2.24, 2.45) is 0 Å². The number of aryl methyl sites for hydroxylation is 2. The molecule has 7 nitrogen and oxygen atoms in total. The van der Waals surface area contributed by atoms with Crippen LogP contribution in [-0.2, 0) is 14.8 Å². The Morgan fingerprint density at radius 3 is 2.47 bits per heavy atom. The number of thiazole rings is 1. The topological polar surface area (TPSA) is 97.4 Å². The van der Waals surface area contributed by atoms with Crippen molar-refractivity contribution in [1.82, 2.24) is 4.98 Å². The first kappa shape index (κ1) is 21.8. The molecule has 0 saturated heterocycles. The number of carbonyl (C=O) groups excluding carboxylic acids is 1. The predicted molar refractivity (Wildman–Crippen MR) is 119 cm³/mol. The van der Waals surface area contributed by atoms with E-state index in [1.807, 2.05) is 39.0 Å². The van der Waals surface area contributed by atoms with Crippen molar-refractivity contribution in [3.8, 4) is 5.75 Å². The van der Waals surface area contributed by atoms with E-state index in [9.17, 15) is 13.2 Å². The summed E-state index contributed by atoms with van der Waals surface area (Å²) in [4.78, 5) is 16.6. The Morgan fingerprint density at radius 1 is 1.13 bits per heavy atom. The molecule has 1 atom stereocenters. The maximum Gasteiger partial charge on any atom is 0.265 e. The zero-order chi connectivity index (χ0) is 21.7. The Morgan fingerprint density at radius 2 is 1.87 bits per heavy atom. The van der Waals surface area contributed by atoms with E-state index >= 15 is 0 Å². The van der Waals surface area contributed by atoms with Gasteiger partial charge in [-0.1, -0.05) is 13.0 Å². The molecular weight excluding hydrogens is 422 g/mol. The lowest BCUT2D eigenvalue weighted by Crippen LogP contribution is -2.32. The molecule has 0 saturated carbocycles. The van der Waals surface area contributed by atoms with Crippen LogP contribution in [0.25, 0.3) is 0 Å². The summed E-state index contributed by atoms with van der Waals surface area (Å²) < 4.78 is 33.0. The lowest BCUT2D eigenvalue weighted by Gasteiger charge is -2.18. The summed E-state index contributed by atoms with van der Waals surface area (Å²) in [7, 11) is -3.74. The molecule has 0 aliphatic carbocycles. The van der Waals surface area contributed by atoms with Gasteiger partial charge in [-0.15, -0.1) is 11.3 Å². The molecule has 0 fully saturated rings. The number of benzene rings is 2. The van der Waals surface area contributed by atoms with E-state index in [0.29, 0.717) is 23.0 Å². The van der Waals surface area contributed by atoms with Crippen LogP contribution < -0.4 is 14.8 Å². The minimum Gasteiger partial charge on any atom is -0.481 e. The molecule has 1 unspecified atom stereocenters. The number of nitrogens with one attached hydrogen (secondary N) is 2. The third kappa shape index (κ3) is 5.37. The number of hydrogen-bond acceptors (Lipinski definition) is 6. The highest BCUT2D eigenvalue weighted by atomic mass is 32.2. The second-order valence-corrected chi connectivity index (χ2v) is 9.29. The molecule has 0 radical (unpaired) electrons. The Balaban J connectivity index is 1.66. The summed E-state index contributed by atoms with van der Waals surface area (Å²) in [6.07, 6.45) is 1.34. The number of rotatable bonds is 8. The summed E-state index contributed by atoms with van der Waals surface area (Å²) in [6, 6.07) is 11.6. The van der Waals surface area contributed by atoms with Crippen molar-refractivity contribution in [2.75, 3.05) is 10.0 Å². The monoisotopic (exact) mass is 445 g/mol. The minimum absolute atomic E-state index is 0.0779. The molecule has 3 aromatic rings. The van der Waals surface area contributed by atoms with Crippen LogP contribution in [0, 0.1) is 13.8 Å². The summed E-state index contributed by atoms with van der Waals surface area (Å²) in [6.45, 7) is 5.87. The second kappa shape index (κ2) is 9.27. The maximum absolute atomic E-state index is 12.6. The Bertz CT molecular complexity index is 1110. The van der Waals surface area contributed by atoms with E-state index in [-0.39, 0.29) is 10.8 Å². The molecule has 0 spiro atoms. The SMILES string of the molecule is CCC(Oc1ccc(C)c(C)c1)C(=O)Nc1ccc(S(=O)(=O)Nc2nccs2)cc1. The van der Waals surface area contributed by atoms with Crippen molar-refractivity contribution < 1.29 is 17.9 Å². The van der Waals surface area contributed by atoms with Gasteiger partial charge in [0.2, 0.25) is 0 Å². The molecule has 30 heavy (non-hydrogen) atoms. The lowest BCUT2D eigenvalue weighted by atomic mass is 10.1. The van der Waals surface area contributed by atoms with Crippen molar-refractivity contribution in [1.29, 1.82) is 0 Å². The third-order valence-corrected chi connectivity index (χ3v) is 6.68. The molecule has 0 bridgehead atoms. The first-order valence-electron chi connectivity index (χ1n) is 9.35. The number of aromatic nitrogens is 1. The normalized spacial score (nSPS) is 12.2. The van der Waals surface area contributed by atoms with E-state index in [0.717, 1.165) is 11.1 Å². The third-order valence-electron chi connectivity index (χ3n) is 4.51. The molecule has 2 aromatic carbocycles. The number of nitrogens with zero attached hydrogens (tertiary/aromatic N) is 1. The smallest absolute Gasteiger partial charge is 0.265 e. The number of carbonyl (C=O) groups is 1.